The molecule has 6 nitrogen and oxygen atoms in total. The summed E-state index contributed by atoms with van der Waals surface area (Å²) in [4.78, 5) is 8.84. The van der Waals surface area contributed by atoms with Crippen LogP contribution >= 0.6 is 0 Å². The Morgan fingerprint density at radius 3 is 1.31 bits per heavy atom. The predicted octanol–water partition coefficient (Wildman–Crippen LogP) is 4.80. The van der Waals surface area contributed by atoms with Gasteiger partial charge in [0.05, 0.1) is 9.79 Å². The van der Waals surface area contributed by atoms with Gasteiger partial charge in [-0.25, -0.2) is 18.4 Å². The third kappa shape index (κ3) is 4.41. The van der Waals surface area contributed by atoms with Crippen molar-refractivity contribution in [3.63, 3.8) is 0 Å². The second kappa shape index (κ2) is 8.12. The average Bonchev–Trinajstić information content (AvgIpc) is 2.76. The van der Waals surface area contributed by atoms with Crippen LogP contribution < -0.4 is 10.6 Å². The summed E-state index contributed by atoms with van der Waals surface area (Å²) in [7, 11) is -3.61. The van der Waals surface area contributed by atoms with E-state index < -0.39 is 9.84 Å². The van der Waals surface area contributed by atoms with Crippen LogP contribution in [-0.4, -0.2) is 18.4 Å². The molecule has 0 unspecified atom stereocenters. The van der Waals surface area contributed by atoms with Crippen molar-refractivity contribution in [3.05, 3.63) is 97.3 Å². The van der Waals surface area contributed by atoms with Gasteiger partial charge in [-0.15, -0.1) is 0 Å². The van der Waals surface area contributed by atoms with Gasteiger partial charge in [-0.05, 0) is 72.8 Å². The Kier molecular flexibility index (Phi) is 5.22. The van der Waals surface area contributed by atoms with Crippen molar-refractivity contribution in [3.8, 4) is 0 Å². The lowest BCUT2D eigenvalue weighted by molar-refractivity contribution is 0.596. The topological polar surface area (TPSA) is 84.0 Å². The molecule has 144 valence electrons. The van der Waals surface area contributed by atoms with E-state index in [1.807, 2.05) is 36.4 Å². The highest BCUT2D eigenvalue weighted by Crippen LogP contribution is 2.25. The zero-order valence-corrected chi connectivity index (χ0v) is 16.2. The van der Waals surface area contributed by atoms with Crippen LogP contribution in [0.4, 0.5) is 23.0 Å². The van der Waals surface area contributed by atoms with E-state index in [1.54, 1.807) is 60.9 Å². The number of nitrogens with one attached hydrogen (secondary N) is 2. The number of sulfone groups is 1. The molecule has 0 aliphatic carbocycles. The number of rotatable bonds is 6. The molecule has 2 heterocycles. The lowest BCUT2D eigenvalue weighted by Crippen LogP contribution is -2.02. The summed E-state index contributed by atoms with van der Waals surface area (Å²) in [6.45, 7) is 0. The lowest BCUT2D eigenvalue weighted by atomic mass is 10.3. The van der Waals surface area contributed by atoms with Gasteiger partial charge >= 0.3 is 0 Å². The molecule has 7 heteroatoms. The van der Waals surface area contributed by atoms with Gasteiger partial charge in [-0.1, -0.05) is 12.1 Å². The first-order chi connectivity index (χ1) is 14.1. The van der Waals surface area contributed by atoms with Crippen LogP contribution in [-0.2, 0) is 9.84 Å². The smallest absolute Gasteiger partial charge is 0.206 e. The van der Waals surface area contributed by atoms with E-state index in [4.69, 9.17) is 0 Å². The minimum absolute atomic E-state index is 0.231. The molecule has 2 aromatic carbocycles. The van der Waals surface area contributed by atoms with Gasteiger partial charge in [0, 0.05) is 23.8 Å². The fraction of sp³-hybridized carbons (Fsp3) is 0. The Morgan fingerprint density at radius 2 is 0.966 bits per heavy atom. The molecular formula is C22H18N4O2S. The van der Waals surface area contributed by atoms with Crippen molar-refractivity contribution in [1.82, 2.24) is 9.97 Å². The Balaban J connectivity index is 1.50. The van der Waals surface area contributed by atoms with Crippen molar-refractivity contribution < 1.29 is 8.42 Å². The van der Waals surface area contributed by atoms with E-state index in [-0.39, 0.29) is 9.79 Å². The van der Waals surface area contributed by atoms with E-state index in [2.05, 4.69) is 20.6 Å². The molecule has 0 aliphatic rings. The summed E-state index contributed by atoms with van der Waals surface area (Å²) in [5.74, 6) is 1.39. The first-order valence-electron chi connectivity index (χ1n) is 8.93. The second-order valence-corrected chi connectivity index (χ2v) is 8.18. The van der Waals surface area contributed by atoms with E-state index in [9.17, 15) is 8.42 Å². The largest absolute Gasteiger partial charge is 0.340 e. The van der Waals surface area contributed by atoms with Crippen molar-refractivity contribution >= 4 is 32.8 Å². The third-order valence-corrected chi connectivity index (χ3v) is 5.99. The zero-order chi connectivity index (χ0) is 20.1. The highest BCUT2D eigenvalue weighted by Gasteiger charge is 2.17. The monoisotopic (exact) mass is 402 g/mol. The Labute approximate surface area is 169 Å². The summed E-state index contributed by atoms with van der Waals surface area (Å²) >= 11 is 0. The van der Waals surface area contributed by atoms with E-state index in [0.29, 0.717) is 11.6 Å². The van der Waals surface area contributed by atoms with Gasteiger partial charge in [0.15, 0.2) is 0 Å². The predicted molar refractivity (Wildman–Crippen MR) is 113 cm³/mol. The van der Waals surface area contributed by atoms with Crippen LogP contribution in [0.3, 0.4) is 0 Å². The van der Waals surface area contributed by atoms with Crippen LogP contribution in [0, 0.1) is 0 Å². The molecule has 4 aromatic rings. The van der Waals surface area contributed by atoms with Crippen molar-refractivity contribution in [2.45, 2.75) is 9.79 Å². The summed E-state index contributed by atoms with van der Waals surface area (Å²) in [5.41, 5.74) is 1.52. The maximum Gasteiger partial charge on any atom is 0.206 e. The summed E-state index contributed by atoms with van der Waals surface area (Å²) in [6.07, 6.45) is 3.38. The number of benzene rings is 2. The minimum Gasteiger partial charge on any atom is -0.340 e. The Hall–Kier alpha value is -3.71. The molecule has 0 spiro atoms. The molecule has 29 heavy (non-hydrogen) atoms. The minimum atomic E-state index is -3.61. The Morgan fingerprint density at radius 1 is 0.552 bits per heavy atom. The number of anilines is 4. The molecule has 0 radical (unpaired) electrons. The number of pyridine rings is 2. The highest BCUT2D eigenvalue weighted by atomic mass is 32.2. The molecule has 0 atom stereocenters. The standard InChI is InChI=1S/C22H18N4O2S/c27-29(28,19-11-7-17(8-12-19)25-21-5-1-3-15-23-21)20-13-9-18(10-14-20)26-22-6-2-4-16-24-22/h1-16H,(H,23,25)(H,24,26). The van der Waals surface area contributed by atoms with Gasteiger partial charge in [-0.3, -0.25) is 0 Å². The van der Waals surface area contributed by atoms with Crippen LogP contribution in [0.5, 0.6) is 0 Å². The van der Waals surface area contributed by atoms with E-state index in [0.717, 1.165) is 11.4 Å². The van der Waals surface area contributed by atoms with Gasteiger partial charge in [-0.2, -0.15) is 0 Å². The number of hydrogen-bond acceptors (Lipinski definition) is 6. The molecule has 0 fully saturated rings. The molecule has 4 rings (SSSR count). The van der Waals surface area contributed by atoms with Crippen molar-refractivity contribution in [2.24, 2.45) is 0 Å². The average molecular weight is 402 g/mol. The Bertz CT molecular complexity index is 1090. The fourth-order valence-electron chi connectivity index (χ4n) is 2.74. The number of nitrogens with zero attached hydrogens (tertiary/aromatic N) is 2. The zero-order valence-electron chi connectivity index (χ0n) is 15.4. The van der Waals surface area contributed by atoms with Crippen LogP contribution in [0.1, 0.15) is 0 Å². The highest BCUT2D eigenvalue weighted by molar-refractivity contribution is 7.91. The van der Waals surface area contributed by atoms with Crippen LogP contribution in [0.2, 0.25) is 0 Å². The lowest BCUT2D eigenvalue weighted by Gasteiger charge is -2.09. The first-order valence-corrected chi connectivity index (χ1v) is 10.4. The van der Waals surface area contributed by atoms with Crippen molar-refractivity contribution in [1.29, 1.82) is 0 Å². The quantitative estimate of drug-likeness (QED) is 0.482. The third-order valence-electron chi connectivity index (χ3n) is 4.20. The summed E-state index contributed by atoms with van der Waals surface area (Å²) in [6, 6.07) is 24.3. The molecule has 2 N–H and O–H groups in total. The van der Waals surface area contributed by atoms with Crippen molar-refractivity contribution in [2.75, 3.05) is 10.6 Å². The number of hydrogen-bond donors (Lipinski definition) is 2. The van der Waals surface area contributed by atoms with Gasteiger partial charge < -0.3 is 10.6 Å². The van der Waals surface area contributed by atoms with Gasteiger partial charge in [0.25, 0.3) is 0 Å². The SMILES string of the molecule is O=S(=O)(c1ccc(Nc2ccccn2)cc1)c1ccc(Nc2ccccn2)cc1. The molecule has 0 amide bonds. The molecular weight excluding hydrogens is 384 g/mol. The molecule has 2 aromatic heterocycles. The maximum atomic E-state index is 12.9. The second-order valence-electron chi connectivity index (χ2n) is 6.23. The van der Waals surface area contributed by atoms with Gasteiger partial charge in [0.1, 0.15) is 11.6 Å². The normalized spacial score (nSPS) is 11.0. The van der Waals surface area contributed by atoms with Crippen LogP contribution in [0.15, 0.2) is 107 Å². The maximum absolute atomic E-state index is 12.9. The van der Waals surface area contributed by atoms with Crippen LogP contribution in [0.25, 0.3) is 0 Å². The molecule has 0 saturated heterocycles. The first kappa shape index (κ1) is 18.6. The number of aromatic nitrogens is 2. The van der Waals surface area contributed by atoms with Gasteiger partial charge in [0.2, 0.25) is 9.84 Å². The molecule has 0 aliphatic heterocycles. The summed E-state index contributed by atoms with van der Waals surface area (Å²) in [5, 5.41) is 6.27. The van der Waals surface area contributed by atoms with E-state index in [1.165, 1.54) is 0 Å². The molecule has 0 bridgehead atoms. The fourth-order valence-corrected chi connectivity index (χ4v) is 4.00. The van der Waals surface area contributed by atoms with E-state index >= 15 is 0 Å². The molecule has 0 saturated carbocycles. The summed E-state index contributed by atoms with van der Waals surface area (Å²) < 4.78 is 25.8.